The van der Waals surface area contributed by atoms with Gasteiger partial charge >= 0.3 is 0 Å². The molecule has 0 N–H and O–H groups in total. The van der Waals surface area contributed by atoms with E-state index in [2.05, 4.69) is 20.3 Å². The van der Waals surface area contributed by atoms with Gasteiger partial charge in [-0.2, -0.15) is 4.20 Å². The van der Waals surface area contributed by atoms with Crippen LogP contribution in [0.4, 0.5) is 0 Å². The zero-order valence-electron chi connectivity index (χ0n) is 4.77. The van der Waals surface area contributed by atoms with Crippen LogP contribution in [0.2, 0.25) is 0 Å². The van der Waals surface area contributed by atoms with Crippen LogP contribution in [0, 0.1) is 0 Å². The van der Waals surface area contributed by atoms with Gasteiger partial charge in [0.05, 0.1) is 6.20 Å². The van der Waals surface area contributed by atoms with Crippen molar-refractivity contribution < 1.29 is 0 Å². The smallest absolute Gasteiger partial charge is 0.205 e. The quantitative estimate of drug-likeness (QED) is 0.545. The molecule has 0 atom stereocenters. The van der Waals surface area contributed by atoms with Gasteiger partial charge in [0, 0.05) is 11.8 Å². The van der Waals surface area contributed by atoms with Gasteiger partial charge in [-0.15, -0.1) is 5.10 Å². The maximum Gasteiger partial charge on any atom is 0.205 e. The first-order chi connectivity index (χ1) is 4.86. The van der Waals surface area contributed by atoms with Crippen molar-refractivity contribution in [3.63, 3.8) is 0 Å². The number of hydrogen-bond acceptors (Lipinski definition) is 4. The number of imidazole rings is 1. The first-order valence-corrected chi connectivity index (χ1v) is 2.89. The van der Waals surface area contributed by atoms with Crippen LogP contribution in [-0.4, -0.2) is 24.5 Å². The largest absolute Gasteiger partial charge is 0.231 e. The second-order valence-electron chi connectivity index (χ2n) is 1.69. The number of aromatic nitrogens is 5. The van der Waals surface area contributed by atoms with Gasteiger partial charge in [0.1, 0.15) is 12.0 Å². The third-order valence-electron chi connectivity index (χ3n) is 1.06. The van der Waals surface area contributed by atoms with Crippen molar-refractivity contribution in [2.24, 2.45) is 0 Å². The molecule has 2 rings (SSSR count). The van der Waals surface area contributed by atoms with Crippen LogP contribution in [0.3, 0.4) is 0 Å². The van der Waals surface area contributed by atoms with Crippen molar-refractivity contribution in [1.29, 1.82) is 0 Å². The molecule has 0 fully saturated rings. The van der Waals surface area contributed by atoms with Crippen molar-refractivity contribution in [3.05, 3.63) is 12.5 Å². The molecular formula is C4H2ClN5. The topological polar surface area (TPSA) is 56.5 Å². The minimum atomic E-state index is 0.511. The maximum atomic E-state index is 5.45. The summed E-state index contributed by atoms with van der Waals surface area (Å²) in [5, 5.41) is 7.16. The Labute approximate surface area is 61.1 Å². The van der Waals surface area contributed by atoms with E-state index in [0.717, 1.165) is 4.20 Å². The fourth-order valence-corrected chi connectivity index (χ4v) is 0.776. The predicted octanol–water partition coefficient (Wildman–Crippen LogP) is 0.175. The molecule has 0 radical (unpaired) electrons. The third-order valence-corrected chi connectivity index (χ3v) is 1.22. The van der Waals surface area contributed by atoms with Crippen molar-refractivity contribution in [1.82, 2.24) is 24.5 Å². The molecule has 0 saturated carbocycles. The molecule has 0 aromatic carbocycles. The van der Waals surface area contributed by atoms with Gasteiger partial charge < -0.3 is 0 Å². The van der Waals surface area contributed by atoms with Gasteiger partial charge in [0.2, 0.25) is 5.82 Å². The summed E-state index contributed by atoms with van der Waals surface area (Å²) in [6, 6.07) is 0. The number of rotatable bonds is 0. The molecule has 5 nitrogen and oxygen atoms in total. The Bertz CT molecular complexity index is 318. The Morgan fingerprint density at radius 3 is 3.20 bits per heavy atom. The molecule has 0 spiro atoms. The lowest BCUT2D eigenvalue weighted by Crippen LogP contribution is -1.97. The van der Waals surface area contributed by atoms with E-state index in [9.17, 15) is 0 Å². The van der Waals surface area contributed by atoms with Crippen molar-refractivity contribution in [3.8, 4) is 11.5 Å². The van der Waals surface area contributed by atoms with Crippen LogP contribution in [0.5, 0.6) is 0 Å². The molecular weight excluding hydrogens is 154 g/mol. The molecule has 2 aliphatic rings. The molecule has 0 aromatic heterocycles. The monoisotopic (exact) mass is 155 g/mol. The normalized spacial score (nSPS) is 10.5. The van der Waals surface area contributed by atoms with Crippen LogP contribution >= 0.6 is 11.8 Å². The lowest BCUT2D eigenvalue weighted by molar-refractivity contribution is 0.802. The van der Waals surface area contributed by atoms with Gasteiger partial charge in [0.15, 0.2) is 0 Å². The van der Waals surface area contributed by atoms with Crippen LogP contribution < -0.4 is 0 Å². The van der Waals surface area contributed by atoms with Crippen LogP contribution in [0.25, 0.3) is 11.5 Å². The summed E-state index contributed by atoms with van der Waals surface area (Å²) >= 11 is 5.45. The molecule has 0 amide bonds. The van der Waals surface area contributed by atoms with Gasteiger partial charge in [0.25, 0.3) is 0 Å². The summed E-state index contributed by atoms with van der Waals surface area (Å²) in [6.45, 7) is 0. The summed E-state index contributed by atoms with van der Waals surface area (Å²) in [4.78, 5) is 7.66. The van der Waals surface area contributed by atoms with E-state index in [0.29, 0.717) is 11.5 Å². The molecule has 0 unspecified atom stereocenters. The van der Waals surface area contributed by atoms with Gasteiger partial charge in [-0.05, 0) is 5.21 Å². The molecule has 2 aliphatic heterocycles. The van der Waals surface area contributed by atoms with E-state index < -0.39 is 0 Å². The SMILES string of the molecule is Cln1cc2ncnc-2nn1. The van der Waals surface area contributed by atoms with Crippen molar-refractivity contribution in [2.75, 3.05) is 0 Å². The first kappa shape index (κ1) is 5.55. The Morgan fingerprint density at radius 1 is 1.40 bits per heavy atom. The lowest BCUT2D eigenvalue weighted by atomic mass is 10.5. The minimum Gasteiger partial charge on any atom is -0.231 e. The Hall–Kier alpha value is -1.23. The second kappa shape index (κ2) is 1.88. The van der Waals surface area contributed by atoms with Gasteiger partial charge in [-0.25, -0.2) is 9.97 Å². The fourth-order valence-electron chi connectivity index (χ4n) is 0.650. The van der Waals surface area contributed by atoms with Gasteiger partial charge in [-0.3, -0.25) is 0 Å². The van der Waals surface area contributed by atoms with E-state index >= 15 is 0 Å². The van der Waals surface area contributed by atoms with E-state index in [4.69, 9.17) is 11.8 Å². The molecule has 0 aliphatic carbocycles. The number of halogens is 1. The molecule has 2 heterocycles. The van der Waals surface area contributed by atoms with Gasteiger partial charge in [-0.1, -0.05) is 0 Å². The third kappa shape index (κ3) is 0.714. The zero-order chi connectivity index (χ0) is 6.97. The summed E-state index contributed by atoms with van der Waals surface area (Å²) in [5.74, 6) is 0.511. The predicted molar refractivity (Wildman–Crippen MR) is 33.5 cm³/mol. The molecule has 0 saturated heterocycles. The minimum absolute atomic E-state index is 0.511. The zero-order valence-corrected chi connectivity index (χ0v) is 5.52. The summed E-state index contributed by atoms with van der Waals surface area (Å²) in [7, 11) is 0. The Morgan fingerprint density at radius 2 is 2.30 bits per heavy atom. The molecule has 10 heavy (non-hydrogen) atoms. The van der Waals surface area contributed by atoms with Crippen LogP contribution in [0.1, 0.15) is 0 Å². The lowest BCUT2D eigenvalue weighted by Gasteiger charge is -1.92. The van der Waals surface area contributed by atoms with Crippen LogP contribution in [0.15, 0.2) is 12.5 Å². The van der Waals surface area contributed by atoms with E-state index in [1.165, 1.54) is 12.5 Å². The molecule has 0 bridgehead atoms. The van der Waals surface area contributed by atoms with E-state index in [1.807, 2.05) is 0 Å². The number of nitrogens with zero attached hydrogens (tertiary/aromatic N) is 5. The Kier molecular flexibility index (Phi) is 1.04. The highest BCUT2D eigenvalue weighted by atomic mass is 35.5. The molecule has 50 valence electrons. The average Bonchev–Trinajstić information content (AvgIpc) is 2.33. The Balaban J connectivity index is 2.75. The standard InChI is InChI=1S/C4H2ClN5/c5-10-1-3-4(8-9-10)7-2-6-3/h1-2H. The number of hydrogen-bond donors (Lipinski definition) is 0. The highest BCUT2D eigenvalue weighted by Crippen LogP contribution is 2.09. The summed E-state index contributed by atoms with van der Waals surface area (Å²) in [5.41, 5.74) is 0.644. The molecule has 0 aromatic rings. The highest BCUT2D eigenvalue weighted by Gasteiger charge is 2.06. The molecule has 6 heteroatoms. The summed E-state index contributed by atoms with van der Waals surface area (Å²) in [6.07, 6.45) is 2.95. The highest BCUT2D eigenvalue weighted by molar-refractivity contribution is 6.14. The van der Waals surface area contributed by atoms with Crippen molar-refractivity contribution >= 4 is 11.8 Å². The van der Waals surface area contributed by atoms with Crippen LogP contribution in [-0.2, 0) is 0 Å². The fraction of sp³-hybridized carbons (Fsp3) is 0. The van der Waals surface area contributed by atoms with E-state index in [-0.39, 0.29) is 0 Å². The van der Waals surface area contributed by atoms with E-state index in [1.54, 1.807) is 0 Å². The average molecular weight is 156 g/mol. The summed E-state index contributed by atoms with van der Waals surface area (Å²) < 4.78 is 1.07. The maximum absolute atomic E-state index is 5.45. The first-order valence-electron chi connectivity index (χ1n) is 2.55. The second-order valence-corrected chi connectivity index (χ2v) is 2.04. The van der Waals surface area contributed by atoms with Crippen molar-refractivity contribution in [2.45, 2.75) is 0 Å². The number of fused-ring (bicyclic) bond motifs is 1.